The number of hydrogen-bond donors (Lipinski definition) is 1. The molecule has 0 atom stereocenters. The van der Waals surface area contributed by atoms with E-state index in [1.54, 1.807) is 12.3 Å². The van der Waals surface area contributed by atoms with Gasteiger partial charge in [-0.05, 0) is 37.1 Å². The Morgan fingerprint density at radius 1 is 1.33 bits per heavy atom. The number of carbonyl (C=O) groups is 1. The molecule has 126 valence electrons. The molecule has 5 nitrogen and oxygen atoms in total. The summed E-state index contributed by atoms with van der Waals surface area (Å²) in [5, 5.41) is 3.10. The first kappa shape index (κ1) is 17.2. The average Bonchev–Trinajstić information content (AvgIpc) is 3.10. The maximum absolute atomic E-state index is 13.7. The maximum atomic E-state index is 13.7. The third-order valence-electron chi connectivity index (χ3n) is 3.59. The molecule has 0 saturated carbocycles. The van der Waals surface area contributed by atoms with Crippen molar-refractivity contribution in [1.29, 1.82) is 0 Å². The fraction of sp³-hybridized carbons (Fsp3) is 0.312. The van der Waals surface area contributed by atoms with Gasteiger partial charge in [0.25, 0.3) is 0 Å². The Morgan fingerprint density at radius 2 is 2.12 bits per heavy atom. The summed E-state index contributed by atoms with van der Waals surface area (Å²) >= 11 is 4.42. The second kappa shape index (κ2) is 7.94. The number of nitrogens with zero attached hydrogens (tertiary/aromatic N) is 3. The van der Waals surface area contributed by atoms with E-state index in [9.17, 15) is 9.18 Å². The van der Waals surface area contributed by atoms with Gasteiger partial charge in [-0.25, -0.2) is 14.4 Å². The van der Waals surface area contributed by atoms with Crippen LogP contribution >= 0.6 is 27.7 Å². The lowest BCUT2D eigenvalue weighted by Gasteiger charge is -2.16. The van der Waals surface area contributed by atoms with Crippen LogP contribution in [0, 0.1) is 5.82 Å². The zero-order valence-corrected chi connectivity index (χ0v) is 15.2. The predicted molar refractivity (Wildman–Crippen MR) is 96.9 cm³/mol. The van der Waals surface area contributed by atoms with Gasteiger partial charge in [-0.3, -0.25) is 4.79 Å². The van der Waals surface area contributed by atoms with Crippen LogP contribution in [0.2, 0.25) is 0 Å². The Hall–Kier alpha value is -1.67. The van der Waals surface area contributed by atoms with Crippen molar-refractivity contribution in [2.24, 2.45) is 0 Å². The highest BCUT2D eigenvalue weighted by Crippen LogP contribution is 2.22. The number of carbonyl (C=O) groups excluding carboxylic acids is 1. The van der Waals surface area contributed by atoms with Crippen molar-refractivity contribution in [3.63, 3.8) is 0 Å². The summed E-state index contributed by atoms with van der Waals surface area (Å²) in [5.74, 6) is 0.245. The molecule has 1 aliphatic heterocycles. The van der Waals surface area contributed by atoms with Gasteiger partial charge in [-0.15, -0.1) is 0 Å². The molecule has 2 aromatic rings. The third-order valence-corrected chi connectivity index (χ3v) is 4.94. The van der Waals surface area contributed by atoms with Gasteiger partial charge in [0.05, 0.1) is 11.4 Å². The third kappa shape index (κ3) is 4.45. The minimum Gasteiger partial charge on any atom is -0.356 e. The van der Waals surface area contributed by atoms with Crippen LogP contribution in [0.5, 0.6) is 0 Å². The van der Waals surface area contributed by atoms with Crippen molar-refractivity contribution >= 4 is 45.1 Å². The summed E-state index contributed by atoms with van der Waals surface area (Å²) in [7, 11) is 0. The molecule has 1 aromatic carbocycles. The molecule has 1 fully saturated rings. The van der Waals surface area contributed by atoms with Crippen molar-refractivity contribution < 1.29 is 9.18 Å². The molecule has 1 N–H and O–H groups in total. The zero-order chi connectivity index (χ0) is 16.9. The van der Waals surface area contributed by atoms with E-state index in [1.165, 1.54) is 36.7 Å². The number of nitrogens with one attached hydrogen (secondary N) is 1. The molecule has 0 spiro atoms. The molecule has 0 aliphatic carbocycles. The van der Waals surface area contributed by atoms with E-state index in [0.29, 0.717) is 9.63 Å². The fourth-order valence-corrected chi connectivity index (χ4v) is 3.39. The quantitative estimate of drug-likeness (QED) is 0.601. The van der Waals surface area contributed by atoms with Crippen LogP contribution in [-0.4, -0.2) is 34.7 Å². The molecule has 24 heavy (non-hydrogen) atoms. The monoisotopic (exact) mass is 410 g/mol. The van der Waals surface area contributed by atoms with E-state index in [2.05, 4.69) is 36.1 Å². The van der Waals surface area contributed by atoms with Gasteiger partial charge in [0.1, 0.15) is 11.6 Å². The Balaban J connectivity index is 1.57. The molecule has 1 aromatic heterocycles. The van der Waals surface area contributed by atoms with Crippen LogP contribution in [0.25, 0.3) is 0 Å². The van der Waals surface area contributed by atoms with E-state index in [0.717, 1.165) is 18.9 Å². The number of benzene rings is 1. The first-order chi connectivity index (χ1) is 11.6. The molecule has 1 aliphatic rings. The summed E-state index contributed by atoms with van der Waals surface area (Å²) in [6, 6.07) is 6.39. The number of aromatic nitrogens is 2. The van der Waals surface area contributed by atoms with E-state index >= 15 is 0 Å². The van der Waals surface area contributed by atoms with Crippen LogP contribution in [0.15, 0.2) is 40.1 Å². The van der Waals surface area contributed by atoms with Crippen molar-refractivity contribution in [3.8, 4) is 0 Å². The topological polar surface area (TPSA) is 58.1 Å². The SMILES string of the molecule is O=C(CSc1nccc(N2CCCC2)n1)Nc1ccc(Br)cc1F. The van der Waals surface area contributed by atoms with Crippen LogP contribution < -0.4 is 10.2 Å². The number of halogens is 2. The fourth-order valence-electron chi connectivity index (χ4n) is 2.43. The first-order valence-electron chi connectivity index (χ1n) is 7.57. The number of anilines is 2. The second-order valence-corrected chi connectivity index (χ2v) is 7.21. The van der Waals surface area contributed by atoms with Crippen molar-refractivity contribution in [2.75, 3.05) is 29.1 Å². The summed E-state index contributed by atoms with van der Waals surface area (Å²) in [6.45, 7) is 2.01. The Labute approximate surface area is 152 Å². The summed E-state index contributed by atoms with van der Waals surface area (Å²) < 4.78 is 14.3. The second-order valence-electron chi connectivity index (χ2n) is 5.35. The molecule has 2 heterocycles. The lowest BCUT2D eigenvalue weighted by molar-refractivity contribution is -0.113. The molecule has 1 saturated heterocycles. The summed E-state index contributed by atoms with van der Waals surface area (Å²) in [4.78, 5) is 22.9. The smallest absolute Gasteiger partial charge is 0.234 e. The van der Waals surface area contributed by atoms with Crippen molar-refractivity contribution in [1.82, 2.24) is 9.97 Å². The minimum absolute atomic E-state index is 0.124. The van der Waals surface area contributed by atoms with Gasteiger partial charge in [-0.2, -0.15) is 0 Å². The van der Waals surface area contributed by atoms with E-state index in [4.69, 9.17) is 0 Å². The van der Waals surface area contributed by atoms with Crippen LogP contribution in [-0.2, 0) is 4.79 Å². The van der Waals surface area contributed by atoms with Gasteiger partial charge < -0.3 is 10.2 Å². The minimum atomic E-state index is -0.477. The van der Waals surface area contributed by atoms with Crippen molar-refractivity contribution in [2.45, 2.75) is 18.0 Å². The molecule has 3 rings (SSSR count). The van der Waals surface area contributed by atoms with Crippen LogP contribution in [0.4, 0.5) is 15.9 Å². The normalized spacial score (nSPS) is 14.0. The van der Waals surface area contributed by atoms with Crippen molar-refractivity contribution in [3.05, 3.63) is 40.8 Å². The number of amides is 1. The zero-order valence-electron chi connectivity index (χ0n) is 12.8. The Bertz CT molecular complexity index is 740. The highest BCUT2D eigenvalue weighted by Gasteiger charge is 2.15. The van der Waals surface area contributed by atoms with Gasteiger partial charge in [0.15, 0.2) is 5.16 Å². The van der Waals surface area contributed by atoms with E-state index in [-0.39, 0.29) is 17.3 Å². The van der Waals surface area contributed by atoms with Crippen LogP contribution in [0.1, 0.15) is 12.8 Å². The average molecular weight is 411 g/mol. The number of rotatable bonds is 5. The maximum Gasteiger partial charge on any atom is 0.234 e. The standard InChI is InChI=1S/C16H16BrFN4OS/c17-11-3-4-13(12(18)9-11)20-15(23)10-24-16-19-6-5-14(21-16)22-7-1-2-8-22/h3-6,9H,1-2,7-8,10H2,(H,20,23). The molecular formula is C16H16BrFN4OS. The van der Waals surface area contributed by atoms with Gasteiger partial charge in [-0.1, -0.05) is 27.7 Å². The molecule has 0 unspecified atom stereocenters. The Kier molecular flexibility index (Phi) is 5.68. The number of hydrogen-bond acceptors (Lipinski definition) is 5. The lowest BCUT2D eigenvalue weighted by atomic mass is 10.3. The van der Waals surface area contributed by atoms with Gasteiger partial charge in [0, 0.05) is 23.8 Å². The highest BCUT2D eigenvalue weighted by molar-refractivity contribution is 9.10. The lowest BCUT2D eigenvalue weighted by Crippen LogP contribution is -2.19. The number of thioether (sulfide) groups is 1. The first-order valence-corrected chi connectivity index (χ1v) is 9.35. The highest BCUT2D eigenvalue weighted by atomic mass is 79.9. The molecule has 0 radical (unpaired) electrons. The summed E-state index contributed by atoms with van der Waals surface area (Å²) in [5.41, 5.74) is 0.163. The van der Waals surface area contributed by atoms with Gasteiger partial charge >= 0.3 is 0 Å². The molecule has 8 heteroatoms. The Morgan fingerprint density at radius 3 is 2.88 bits per heavy atom. The summed E-state index contributed by atoms with van der Waals surface area (Å²) in [6.07, 6.45) is 4.05. The predicted octanol–water partition coefficient (Wildman–Crippen LogP) is 3.71. The van der Waals surface area contributed by atoms with E-state index in [1.807, 2.05) is 6.07 Å². The molecule has 0 bridgehead atoms. The largest absolute Gasteiger partial charge is 0.356 e. The molecule has 1 amide bonds. The van der Waals surface area contributed by atoms with Crippen LogP contribution in [0.3, 0.4) is 0 Å². The van der Waals surface area contributed by atoms with E-state index < -0.39 is 5.82 Å². The molecular weight excluding hydrogens is 395 g/mol. The van der Waals surface area contributed by atoms with Gasteiger partial charge in [0.2, 0.25) is 5.91 Å².